The van der Waals surface area contributed by atoms with Crippen LogP contribution in [0, 0.1) is 12.3 Å². The third kappa shape index (κ3) is 2.53. The summed E-state index contributed by atoms with van der Waals surface area (Å²) in [5, 5.41) is 0. The molecule has 0 aromatic rings. The number of halogens is 1. The van der Waals surface area contributed by atoms with Gasteiger partial charge in [-0.3, -0.25) is 0 Å². The molecule has 3 nitrogen and oxygen atoms in total. The van der Waals surface area contributed by atoms with Crippen LogP contribution in [-0.4, -0.2) is 24.2 Å². The van der Waals surface area contributed by atoms with Gasteiger partial charge in [0.2, 0.25) is 0 Å². The molecule has 1 atom stereocenters. The van der Waals surface area contributed by atoms with E-state index in [-0.39, 0.29) is 6.17 Å². The molecular weight excluding hydrogens is 244 g/mol. The summed E-state index contributed by atoms with van der Waals surface area (Å²) < 4.78 is 6.25. The maximum atomic E-state index is 5.86. The van der Waals surface area contributed by atoms with E-state index in [0.717, 1.165) is 10.2 Å². The molecule has 0 saturated heterocycles. The van der Waals surface area contributed by atoms with Gasteiger partial charge in [0, 0.05) is 6.20 Å². The molecule has 0 amide bonds. The number of hydrogen-bond acceptors (Lipinski definition) is 3. The van der Waals surface area contributed by atoms with Crippen LogP contribution in [0.2, 0.25) is 0 Å². The van der Waals surface area contributed by atoms with Crippen molar-refractivity contribution in [2.24, 2.45) is 5.73 Å². The molecule has 0 bridgehead atoms. The fourth-order valence-corrected chi connectivity index (χ4v) is 1.66. The highest BCUT2D eigenvalue weighted by Gasteiger charge is 2.17. The van der Waals surface area contributed by atoms with Crippen LogP contribution in [0.15, 0.2) is 22.5 Å². The summed E-state index contributed by atoms with van der Waals surface area (Å²) >= 11 is 3.40. The van der Waals surface area contributed by atoms with Crippen molar-refractivity contribution in [3.05, 3.63) is 22.5 Å². The van der Waals surface area contributed by atoms with Crippen LogP contribution in [0.5, 0.6) is 0 Å². The van der Waals surface area contributed by atoms with Gasteiger partial charge >= 0.3 is 0 Å². The summed E-state index contributed by atoms with van der Waals surface area (Å²) in [7, 11) is 0. The van der Waals surface area contributed by atoms with Crippen LogP contribution in [0.25, 0.3) is 0 Å². The third-order valence-corrected chi connectivity index (χ3v) is 2.39. The Morgan fingerprint density at radius 2 is 2.50 bits per heavy atom. The van der Waals surface area contributed by atoms with Crippen molar-refractivity contribution in [1.29, 1.82) is 0 Å². The fourth-order valence-electron chi connectivity index (χ4n) is 1.15. The zero-order valence-electron chi connectivity index (χ0n) is 8.03. The number of nitrogens with zero attached hydrogens (tertiary/aromatic N) is 1. The molecule has 2 N–H and O–H groups in total. The lowest BCUT2D eigenvalue weighted by Crippen LogP contribution is -2.39. The van der Waals surface area contributed by atoms with E-state index in [1.165, 1.54) is 0 Å². The van der Waals surface area contributed by atoms with Gasteiger partial charge in [0.25, 0.3) is 0 Å². The largest absolute Gasteiger partial charge is 0.493 e. The summed E-state index contributed by atoms with van der Waals surface area (Å²) in [4.78, 5) is 1.85. The second-order valence-electron chi connectivity index (χ2n) is 2.81. The first-order valence-electron chi connectivity index (χ1n) is 4.36. The van der Waals surface area contributed by atoms with Gasteiger partial charge in [-0.25, -0.2) is 0 Å². The molecule has 1 aliphatic rings. The maximum absolute atomic E-state index is 5.86. The Bertz CT molecular complexity index is 304. The number of ether oxygens (including phenoxy) is 1. The average Bonchev–Trinajstić information content (AvgIpc) is 2.14. The zero-order valence-corrected chi connectivity index (χ0v) is 9.62. The van der Waals surface area contributed by atoms with Gasteiger partial charge in [0.1, 0.15) is 11.9 Å². The molecule has 4 heteroatoms. The van der Waals surface area contributed by atoms with E-state index in [4.69, 9.17) is 16.9 Å². The summed E-state index contributed by atoms with van der Waals surface area (Å²) in [5.74, 6) is 3.32. The Labute approximate surface area is 92.7 Å². The average molecular weight is 257 g/mol. The minimum absolute atomic E-state index is 0.214. The Balaban J connectivity index is 2.75. The Hall–Kier alpha value is -0.920. The first-order valence-corrected chi connectivity index (χ1v) is 5.15. The lowest BCUT2D eigenvalue weighted by Gasteiger charge is -2.28. The molecule has 14 heavy (non-hydrogen) atoms. The molecule has 1 unspecified atom stereocenters. The topological polar surface area (TPSA) is 38.5 Å². The molecule has 0 saturated carbocycles. The zero-order chi connectivity index (χ0) is 10.6. The SMILES string of the molecule is C#CCN1C=C(Br)C(OCC)=CC1N. The van der Waals surface area contributed by atoms with Crippen LogP contribution < -0.4 is 5.73 Å². The molecule has 1 heterocycles. The van der Waals surface area contributed by atoms with Crippen molar-refractivity contribution in [3.63, 3.8) is 0 Å². The number of nitrogens with two attached hydrogens (primary N) is 1. The van der Waals surface area contributed by atoms with Gasteiger partial charge in [-0.1, -0.05) is 5.92 Å². The van der Waals surface area contributed by atoms with E-state index in [1.807, 2.05) is 24.1 Å². The minimum Gasteiger partial charge on any atom is -0.493 e. The quantitative estimate of drug-likeness (QED) is 0.776. The highest BCUT2D eigenvalue weighted by Crippen LogP contribution is 2.24. The summed E-state index contributed by atoms with van der Waals surface area (Å²) in [5.41, 5.74) is 5.86. The first-order chi connectivity index (χ1) is 6.69. The van der Waals surface area contributed by atoms with Gasteiger partial charge in [0.05, 0.1) is 17.6 Å². The van der Waals surface area contributed by atoms with Crippen molar-refractivity contribution in [2.75, 3.05) is 13.2 Å². The monoisotopic (exact) mass is 256 g/mol. The third-order valence-electron chi connectivity index (χ3n) is 1.79. The second-order valence-corrected chi connectivity index (χ2v) is 3.66. The Morgan fingerprint density at radius 1 is 1.79 bits per heavy atom. The van der Waals surface area contributed by atoms with Gasteiger partial charge < -0.3 is 15.4 Å². The molecule has 0 radical (unpaired) electrons. The van der Waals surface area contributed by atoms with E-state index in [1.54, 1.807) is 0 Å². The van der Waals surface area contributed by atoms with E-state index in [0.29, 0.717) is 13.2 Å². The van der Waals surface area contributed by atoms with Gasteiger partial charge in [-0.15, -0.1) is 6.42 Å². The highest BCUT2D eigenvalue weighted by molar-refractivity contribution is 9.11. The van der Waals surface area contributed by atoms with Gasteiger partial charge in [-0.05, 0) is 28.9 Å². The van der Waals surface area contributed by atoms with Crippen molar-refractivity contribution in [2.45, 2.75) is 13.1 Å². The molecule has 0 aliphatic carbocycles. The fraction of sp³-hybridized carbons (Fsp3) is 0.400. The van der Waals surface area contributed by atoms with Gasteiger partial charge in [-0.2, -0.15) is 0 Å². The molecule has 1 rings (SSSR count). The Morgan fingerprint density at radius 3 is 3.07 bits per heavy atom. The summed E-state index contributed by atoms with van der Waals surface area (Å²) in [6, 6.07) is 0. The van der Waals surface area contributed by atoms with Crippen molar-refractivity contribution >= 4 is 15.9 Å². The molecule has 1 aliphatic heterocycles. The van der Waals surface area contributed by atoms with Crippen molar-refractivity contribution in [3.8, 4) is 12.3 Å². The second kappa shape index (κ2) is 5.08. The number of terminal acetylenes is 1. The first kappa shape index (κ1) is 11.2. The van der Waals surface area contributed by atoms with Gasteiger partial charge in [0.15, 0.2) is 0 Å². The molecule has 76 valence electrons. The molecule has 0 aromatic carbocycles. The lowest BCUT2D eigenvalue weighted by atomic mass is 10.2. The minimum atomic E-state index is -0.214. The van der Waals surface area contributed by atoms with Crippen LogP contribution in [0.4, 0.5) is 0 Å². The van der Waals surface area contributed by atoms with Crippen LogP contribution in [0.3, 0.4) is 0 Å². The van der Waals surface area contributed by atoms with E-state index in [9.17, 15) is 0 Å². The number of hydrogen-bond donors (Lipinski definition) is 1. The summed E-state index contributed by atoms with van der Waals surface area (Å²) in [6.07, 6.45) is 8.70. The Kier molecular flexibility index (Phi) is 4.05. The van der Waals surface area contributed by atoms with Crippen molar-refractivity contribution < 1.29 is 4.74 Å². The molecule has 0 aromatic heterocycles. The predicted molar refractivity (Wildman–Crippen MR) is 60.2 cm³/mol. The van der Waals surface area contributed by atoms with E-state index in [2.05, 4.69) is 21.9 Å². The molecule has 0 spiro atoms. The number of allylic oxidation sites excluding steroid dienone is 1. The smallest absolute Gasteiger partial charge is 0.134 e. The normalized spacial score (nSPS) is 21.0. The predicted octanol–water partition coefficient (Wildman–Crippen LogP) is 1.38. The molecular formula is C10H13BrN2O. The van der Waals surface area contributed by atoms with Crippen LogP contribution in [0.1, 0.15) is 6.92 Å². The maximum Gasteiger partial charge on any atom is 0.134 e. The van der Waals surface area contributed by atoms with Crippen LogP contribution in [-0.2, 0) is 4.74 Å². The number of rotatable bonds is 3. The van der Waals surface area contributed by atoms with Crippen molar-refractivity contribution in [1.82, 2.24) is 4.90 Å². The van der Waals surface area contributed by atoms with E-state index < -0.39 is 0 Å². The lowest BCUT2D eigenvalue weighted by molar-refractivity contribution is 0.227. The van der Waals surface area contributed by atoms with E-state index >= 15 is 0 Å². The standard InChI is InChI=1S/C10H13BrN2O/c1-3-5-13-7-8(11)9(14-4-2)6-10(13)12/h1,6-7,10H,4-5,12H2,2H3. The molecule has 0 fully saturated rings. The highest BCUT2D eigenvalue weighted by atomic mass is 79.9. The van der Waals surface area contributed by atoms with Crippen LogP contribution >= 0.6 is 15.9 Å². The summed E-state index contributed by atoms with van der Waals surface area (Å²) in [6.45, 7) is 3.04.